The molecule has 0 fully saturated rings. The molecule has 0 saturated heterocycles. The Bertz CT molecular complexity index is 493. The SMILES string of the molecule is COc1ccc(C(=O)NCCc2cnc[nH]2)cn1. The van der Waals surface area contributed by atoms with Crippen molar-refractivity contribution < 1.29 is 9.53 Å². The second-order valence-corrected chi connectivity index (χ2v) is 3.67. The highest BCUT2D eigenvalue weighted by Gasteiger charge is 2.05. The Morgan fingerprint density at radius 1 is 1.44 bits per heavy atom. The Morgan fingerprint density at radius 2 is 2.33 bits per heavy atom. The molecule has 6 heteroatoms. The topological polar surface area (TPSA) is 79.9 Å². The zero-order valence-corrected chi connectivity index (χ0v) is 10.0. The Kier molecular flexibility index (Phi) is 3.90. The third-order valence-corrected chi connectivity index (χ3v) is 2.44. The molecule has 0 atom stereocenters. The van der Waals surface area contributed by atoms with E-state index >= 15 is 0 Å². The number of methoxy groups -OCH3 is 1. The van der Waals surface area contributed by atoms with Crippen molar-refractivity contribution in [1.29, 1.82) is 0 Å². The van der Waals surface area contributed by atoms with Crippen molar-refractivity contribution in [2.75, 3.05) is 13.7 Å². The van der Waals surface area contributed by atoms with Crippen LogP contribution in [0, 0.1) is 0 Å². The van der Waals surface area contributed by atoms with Crippen molar-refractivity contribution in [1.82, 2.24) is 20.3 Å². The molecule has 2 N–H and O–H groups in total. The van der Waals surface area contributed by atoms with E-state index in [1.165, 1.54) is 13.3 Å². The zero-order valence-electron chi connectivity index (χ0n) is 10.0. The van der Waals surface area contributed by atoms with Gasteiger partial charge in [0, 0.05) is 37.1 Å². The highest BCUT2D eigenvalue weighted by atomic mass is 16.5. The number of nitrogens with one attached hydrogen (secondary N) is 2. The molecule has 0 aliphatic rings. The normalized spacial score (nSPS) is 10.1. The molecule has 18 heavy (non-hydrogen) atoms. The van der Waals surface area contributed by atoms with Gasteiger partial charge in [-0.15, -0.1) is 0 Å². The van der Waals surface area contributed by atoms with E-state index in [0.717, 1.165) is 12.1 Å². The van der Waals surface area contributed by atoms with Gasteiger partial charge >= 0.3 is 0 Å². The Balaban J connectivity index is 1.83. The summed E-state index contributed by atoms with van der Waals surface area (Å²) in [6, 6.07) is 3.33. The molecule has 6 nitrogen and oxygen atoms in total. The quantitative estimate of drug-likeness (QED) is 0.817. The van der Waals surface area contributed by atoms with Crippen LogP contribution in [0.4, 0.5) is 0 Å². The van der Waals surface area contributed by atoms with Crippen molar-refractivity contribution >= 4 is 5.91 Å². The molecule has 2 aromatic heterocycles. The average Bonchev–Trinajstić information content (AvgIpc) is 2.92. The fraction of sp³-hybridized carbons (Fsp3) is 0.250. The van der Waals surface area contributed by atoms with Crippen molar-refractivity contribution in [3.05, 3.63) is 42.1 Å². The third-order valence-electron chi connectivity index (χ3n) is 2.44. The summed E-state index contributed by atoms with van der Waals surface area (Å²) in [7, 11) is 1.53. The second-order valence-electron chi connectivity index (χ2n) is 3.67. The summed E-state index contributed by atoms with van der Waals surface area (Å²) in [5, 5.41) is 2.81. The van der Waals surface area contributed by atoms with Crippen LogP contribution in [0.15, 0.2) is 30.9 Å². The lowest BCUT2D eigenvalue weighted by molar-refractivity contribution is 0.0953. The number of aromatic amines is 1. The van der Waals surface area contributed by atoms with Gasteiger partial charge in [-0.25, -0.2) is 9.97 Å². The maximum atomic E-state index is 11.8. The number of imidazole rings is 1. The van der Waals surface area contributed by atoms with Crippen LogP contribution in [0.2, 0.25) is 0 Å². The zero-order chi connectivity index (χ0) is 12.8. The van der Waals surface area contributed by atoms with Gasteiger partial charge in [-0.05, 0) is 6.07 Å². The van der Waals surface area contributed by atoms with Crippen molar-refractivity contribution in [3.63, 3.8) is 0 Å². The van der Waals surface area contributed by atoms with Crippen LogP contribution in [0.25, 0.3) is 0 Å². The number of pyridine rings is 1. The van der Waals surface area contributed by atoms with E-state index < -0.39 is 0 Å². The number of H-pyrrole nitrogens is 1. The highest BCUT2D eigenvalue weighted by Crippen LogP contribution is 2.06. The van der Waals surface area contributed by atoms with Gasteiger partial charge < -0.3 is 15.0 Å². The molecule has 0 unspecified atom stereocenters. The summed E-state index contributed by atoms with van der Waals surface area (Å²) < 4.78 is 4.93. The molecule has 0 aromatic carbocycles. The molecule has 0 aliphatic heterocycles. The van der Waals surface area contributed by atoms with Crippen molar-refractivity contribution in [2.24, 2.45) is 0 Å². The number of rotatable bonds is 5. The number of amides is 1. The van der Waals surface area contributed by atoms with E-state index in [9.17, 15) is 4.79 Å². The van der Waals surface area contributed by atoms with Gasteiger partial charge in [-0.2, -0.15) is 0 Å². The largest absolute Gasteiger partial charge is 0.481 e. The predicted octanol–water partition coefficient (Wildman–Crippen LogP) is 0.786. The standard InChI is InChI=1S/C12H14N4O2/c1-18-11-3-2-9(6-15-11)12(17)14-5-4-10-7-13-8-16-10/h2-3,6-8H,4-5H2,1H3,(H,13,16)(H,14,17). The lowest BCUT2D eigenvalue weighted by Gasteiger charge is -2.04. The van der Waals surface area contributed by atoms with Crippen LogP contribution in [0.1, 0.15) is 16.1 Å². The van der Waals surface area contributed by atoms with Gasteiger partial charge in [-0.3, -0.25) is 4.79 Å². The molecule has 1 amide bonds. The first-order valence-electron chi connectivity index (χ1n) is 5.55. The minimum atomic E-state index is -0.148. The number of hydrogen-bond donors (Lipinski definition) is 2. The van der Waals surface area contributed by atoms with Crippen LogP contribution in [0.5, 0.6) is 5.88 Å². The van der Waals surface area contributed by atoms with Gasteiger partial charge in [-0.1, -0.05) is 0 Å². The first-order chi connectivity index (χ1) is 8.79. The summed E-state index contributed by atoms with van der Waals surface area (Å²) in [6.45, 7) is 0.549. The molecular weight excluding hydrogens is 232 g/mol. The summed E-state index contributed by atoms with van der Waals surface area (Å²) in [5.41, 5.74) is 1.50. The molecule has 94 valence electrons. The van der Waals surface area contributed by atoms with Crippen LogP contribution in [0.3, 0.4) is 0 Å². The van der Waals surface area contributed by atoms with E-state index in [-0.39, 0.29) is 5.91 Å². The number of ether oxygens (including phenoxy) is 1. The Hall–Kier alpha value is -2.37. The minimum Gasteiger partial charge on any atom is -0.481 e. The molecule has 0 bridgehead atoms. The first kappa shape index (κ1) is 12.1. The number of hydrogen-bond acceptors (Lipinski definition) is 4. The van der Waals surface area contributed by atoms with E-state index in [1.54, 1.807) is 24.7 Å². The lowest BCUT2D eigenvalue weighted by atomic mass is 10.2. The van der Waals surface area contributed by atoms with Gasteiger partial charge in [0.25, 0.3) is 5.91 Å². The number of aromatic nitrogens is 3. The van der Waals surface area contributed by atoms with Crippen LogP contribution >= 0.6 is 0 Å². The lowest BCUT2D eigenvalue weighted by Crippen LogP contribution is -2.25. The number of carbonyl (C=O) groups is 1. The Morgan fingerprint density at radius 3 is 2.94 bits per heavy atom. The number of nitrogens with zero attached hydrogens (tertiary/aromatic N) is 2. The van der Waals surface area contributed by atoms with Crippen molar-refractivity contribution in [2.45, 2.75) is 6.42 Å². The van der Waals surface area contributed by atoms with E-state index in [2.05, 4.69) is 20.3 Å². The third kappa shape index (κ3) is 3.07. The molecule has 0 spiro atoms. The van der Waals surface area contributed by atoms with Crippen LogP contribution < -0.4 is 10.1 Å². The van der Waals surface area contributed by atoms with Gasteiger partial charge in [0.05, 0.1) is 19.0 Å². The molecular formula is C12H14N4O2. The monoisotopic (exact) mass is 246 g/mol. The van der Waals surface area contributed by atoms with Crippen LogP contribution in [-0.4, -0.2) is 34.5 Å². The van der Waals surface area contributed by atoms with Gasteiger partial charge in [0.15, 0.2) is 0 Å². The summed E-state index contributed by atoms with van der Waals surface area (Å²) in [4.78, 5) is 22.6. The summed E-state index contributed by atoms with van der Waals surface area (Å²) in [6.07, 6.45) is 5.56. The smallest absolute Gasteiger partial charge is 0.252 e. The molecule has 2 heterocycles. The Labute approximate surface area is 104 Å². The van der Waals surface area contributed by atoms with Crippen LogP contribution in [-0.2, 0) is 6.42 Å². The first-order valence-corrected chi connectivity index (χ1v) is 5.55. The molecule has 0 aliphatic carbocycles. The van der Waals surface area contributed by atoms with E-state index in [0.29, 0.717) is 18.0 Å². The fourth-order valence-electron chi connectivity index (χ4n) is 1.47. The molecule has 2 rings (SSSR count). The number of carbonyl (C=O) groups excluding carboxylic acids is 1. The molecule has 0 radical (unpaired) electrons. The maximum absolute atomic E-state index is 11.8. The minimum absolute atomic E-state index is 0.148. The average molecular weight is 246 g/mol. The van der Waals surface area contributed by atoms with Gasteiger partial charge in [0.2, 0.25) is 5.88 Å². The van der Waals surface area contributed by atoms with E-state index in [4.69, 9.17) is 4.74 Å². The highest BCUT2D eigenvalue weighted by molar-refractivity contribution is 5.93. The molecule has 0 saturated carbocycles. The maximum Gasteiger partial charge on any atom is 0.252 e. The molecule has 2 aromatic rings. The van der Waals surface area contributed by atoms with E-state index in [1.807, 2.05) is 0 Å². The van der Waals surface area contributed by atoms with Crippen molar-refractivity contribution in [3.8, 4) is 5.88 Å². The summed E-state index contributed by atoms with van der Waals surface area (Å²) >= 11 is 0. The predicted molar refractivity (Wildman–Crippen MR) is 65.4 cm³/mol. The summed E-state index contributed by atoms with van der Waals surface area (Å²) in [5.74, 6) is 0.341. The van der Waals surface area contributed by atoms with Gasteiger partial charge in [0.1, 0.15) is 0 Å². The fourth-order valence-corrected chi connectivity index (χ4v) is 1.47. The second kappa shape index (κ2) is 5.81.